The Hall–Kier alpha value is -2.28. The molecule has 0 saturated carbocycles. The number of rotatable bonds is 3. The van der Waals surface area contributed by atoms with Crippen molar-refractivity contribution in [2.75, 3.05) is 18.0 Å². The summed E-state index contributed by atoms with van der Waals surface area (Å²) < 4.78 is 2.72. The molecule has 2 heterocycles. The Labute approximate surface area is 141 Å². The minimum Gasteiger partial charge on any atom is -0.356 e. The van der Waals surface area contributed by atoms with Gasteiger partial charge in [-0.05, 0) is 18.4 Å². The van der Waals surface area contributed by atoms with Crippen molar-refractivity contribution in [3.63, 3.8) is 0 Å². The molecule has 124 valence electrons. The van der Waals surface area contributed by atoms with Crippen LogP contribution in [0.25, 0.3) is 0 Å². The van der Waals surface area contributed by atoms with Gasteiger partial charge in [-0.15, -0.1) is 0 Å². The van der Waals surface area contributed by atoms with Crippen molar-refractivity contribution in [1.82, 2.24) is 9.13 Å². The molecule has 2 N–H and O–H groups in total. The maximum atomic E-state index is 12.7. The summed E-state index contributed by atoms with van der Waals surface area (Å²) in [7, 11) is 7.51. The second kappa shape index (κ2) is 6.69. The normalized spacial score (nSPS) is 17.9. The summed E-state index contributed by atoms with van der Waals surface area (Å²) in [5, 5.41) is 0. The van der Waals surface area contributed by atoms with E-state index in [1.54, 1.807) is 10.6 Å². The van der Waals surface area contributed by atoms with Gasteiger partial charge in [-0.3, -0.25) is 13.9 Å². The molecule has 0 unspecified atom stereocenters. The van der Waals surface area contributed by atoms with E-state index in [1.165, 1.54) is 13.1 Å². The molecule has 0 bridgehead atoms. The van der Waals surface area contributed by atoms with E-state index in [4.69, 9.17) is 13.6 Å². The van der Waals surface area contributed by atoms with Crippen LogP contribution in [0, 0.1) is 0 Å². The zero-order chi connectivity index (χ0) is 17.3. The van der Waals surface area contributed by atoms with E-state index in [0.29, 0.717) is 24.4 Å². The highest BCUT2D eigenvalue weighted by Crippen LogP contribution is 2.17. The SMILES string of the molecule is [B]c1ccccc1Cn1c(N2CCC[C@@H](N)C2)cc(=O)n(C)c1=O. The molecule has 7 heteroatoms. The van der Waals surface area contributed by atoms with Gasteiger partial charge in [0, 0.05) is 32.2 Å². The number of hydrogen-bond donors (Lipinski definition) is 1. The molecule has 3 rings (SSSR count). The first-order chi connectivity index (χ1) is 11.5. The zero-order valence-electron chi connectivity index (χ0n) is 13.8. The average Bonchev–Trinajstić information content (AvgIpc) is 2.57. The van der Waals surface area contributed by atoms with Crippen LogP contribution in [-0.4, -0.2) is 36.1 Å². The number of nitrogens with two attached hydrogens (primary N) is 1. The quantitative estimate of drug-likeness (QED) is 0.759. The summed E-state index contributed by atoms with van der Waals surface area (Å²) in [4.78, 5) is 26.8. The number of hydrogen-bond acceptors (Lipinski definition) is 4. The Morgan fingerprint density at radius 3 is 2.75 bits per heavy atom. The van der Waals surface area contributed by atoms with E-state index in [9.17, 15) is 9.59 Å². The monoisotopic (exact) mass is 324 g/mol. The van der Waals surface area contributed by atoms with E-state index >= 15 is 0 Å². The summed E-state index contributed by atoms with van der Waals surface area (Å²) in [5.74, 6) is 0.613. The third-order valence-electron chi connectivity index (χ3n) is 4.54. The first-order valence-corrected chi connectivity index (χ1v) is 8.12. The highest BCUT2D eigenvalue weighted by molar-refractivity contribution is 6.33. The second-order valence-corrected chi connectivity index (χ2v) is 6.32. The summed E-state index contributed by atoms with van der Waals surface area (Å²) in [6.07, 6.45) is 1.90. The van der Waals surface area contributed by atoms with Gasteiger partial charge in [0.05, 0.1) is 6.54 Å². The molecule has 24 heavy (non-hydrogen) atoms. The molecule has 0 spiro atoms. The van der Waals surface area contributed by atoms with E-state index in [-0.39, 0.29) is 17.3 Å². The average molecular weight is 324 g/mol. The maximum Gasteiger partial charge on any atom is 0.332 e. The van der Waals surface area contributed by atoms with E-state index in [0.717, 1.165) is 29.5 Å². The van der Waals surface area contributed by atoms with Gasteiger partial charge in [0.15, 0.2) is 0 Å². The van der Waals surface area contributed by atoms with Crippen molar-refractivity contribution >= 4 is 19.1 Å². The molecule has 2 aromatic rings. The lowest BCUT2D eigenvalue weighted by atomic mass is 9.90. The van der Waals surface area contributed by atoms with Crippen LogP contribution in [0.5, 0.6) is 0 Å². The zero-order valence-corrected chi connectivity index (χ0v) is 13.8. The third kappa shape index (κ3) is 3.17. The second-order valence-electron chi connectivity index (χ2n) is 6.32. The van der Waals surface area contributed by atoms with Crippen LogP contribution < -0.4 is 27.3 Å². The van der Waals surface area contributed by atoms with Crippen LogP contribution >= 0.6 is 0 Å². The lowest BCUT2D eigenvalue weighted by molar-refractivity contribution is 0.491. The van der Waals surface area contributed by atoms with E-state index in [2.05, 4.69) is 0 Å². The minimum atomic E-state index is -0.347. The lowest BCUT2D eigenvalue weighted by Crippen LogP contribution is -2.47. The first kappa shape index (κ1) is 16.6. The first-order valence-electron chi connectivity index (χ1n) is 8.12. The van der Waals surface area contributed by atoms with Crippen molar-refractivity contribution in [3.8, 4) is 0 Å². The van der Waals surface area contributed by atoms with Crippen LogP contribution in [0.4, 0.5) is 5.82 Å². The van der Waals surface area contributed by atoms with Crippen molar-refractivity contribution in [2.24, 2.45) is 12.8 Å². The molecule has 6 nitrogen and oxygen atoms in total. The van der Waals surface area contributed by atoms with Crippen molar-refractivity contribution < 1.29 is 0 Å². The van der Waals surface area contributed by atoms with Crippen LogP contribution in [-0.2, 0) is 13.6 Å². The largest absolute Gasteiger partial charge is 0.356 e. The standard InChI is InChI=1S/C17H21BN4O2/c1-20-16(23)9-15(21-8-4-6-13(19)11-21)22(17(20)24)10-12-5-2-3-7-14(12)18/h2-3,5,7,9,13H,4,6,8,10-11,19H2,1H3/t13-/m1/s1. The van der Waals surface area contributed by atoms with Crippen molar-refractivity contribution in [2.45, 2.75) is 25.4 Å². The molecule has 1 aromatic heterocycles. The summed E-state index contributed by atoms with van der Waals surface area (Å²) in [5.41, 5.74) is 6.87. The van der Waals surface area contributed by atoms with E-state index < -0.39 is 0 Å². The van der Waals surface area contributed by atoms with Gasteiger partial charge >= 0.3 is 5.69 Å². The van der Waals surface area contributed by atoms with Gasteiger partial charge in [0.25, 0.3) is 5.56 Å². The molecular formula is C17H21BN4O2. The molecule has 1 fully saturated rings. The fraction of sp³-hybridized carbons (Fsp3) is 0.412. The molecule has 1 saturated heterocycles. The van der Waals surface area contributed by atoms with Gasteiger partial charge in [0.1, 0.15) is 13.7 Å². The summed E-state index contributed by atoms with van der Waals surface area (Å²) >= 11 is 0. The molecule has 1 aliphatic heterocycles. The van der Waals surface area contributed by atoms with Crippen molar-refractivity contribution in [1.29, 1.82) is 0 Å². The Bertz CT molecular complexity index is 858. The molecule has 2 radical (unpaired) electrons. The van der Waals surface area contributed by atoms with Crippen LogP contribution in [0.15, 0.2) is 39.9 Å². The highest BCUT2D eigenvalue weighted by atomic mass is 16.2. The maximum absolute atomic E-state index is 12.7. The van der Waals surface area contributed by atoms with Crippen molar-refractivity contribution in [3.05, 3.63) is 56.7 Å². The Morgan fingerprint density at radius 1 is 1.29 bits per heavy atom. The Balaban J connectivity index is 2.09. The van der Waals surface area contributed by atoms with Gasteiger partial charge in [0.2, 0.25) is 0 Å². The third-order valence-corrected chi connectivity index (χ3v) is 4.54. The molecule has 0 aliphatic carbocycles. The Morgan fingerprint density at radius 2 is 2.04 bits per heavy atom. The predicted molar refractivity (Wildman–Crippen MR) is 96.3 cm³/mol. The van der Waals surface area contributed by atoms with Crippen LogP contribution in [0.1, 0.15) is 18.4 Å². The molecular weight excluding hydrogens is 303 g/mol. The van der Waals surface area contributed by atoms with Gasteiger partial charge in [-0.1, -0.05) is 29.7 Å². The summed E-state index contributed by atoms with van der Waals surface area (Å²) in [6.45, 7) is 1.74. The fourth-order valence-electron chi connectivity index (χ4n) is 3.14. The Kier molecular flexibility index (Phi) is 4.62. The topological polar surface area (TPSA) is 73.3 Å². The fourth-order valence-corrected chi connectivity index (χ4v) is 3.14. The van der Waals surface area contributed by atoms with Gasteiger partial charge in [-0.2, -0.15) is 0 Å². The number of benzene rings is 1. The molecule has 1 aromatic carbocycles. The highest BCUT2D eigenvalue weighted by Gasteiger charge is 2.21. The van der Waals surface area contributed by atoms with Gasteiger partial charge in [-0.25, -0.2) is 4.79 Å². The minimum absolute atomic E-state index is 0.0492. The van der Waals surface area contributed by atoms with Crippen LogP contribution in [0.2, 0.25) is 0 Å². The smallest absolute Gasteiger partial charge is 0.332 e. The lowest BCUT2D eigenvalue weighted by Gasteiger charge is -2.34. The van der Waals surface area contributed by atoms with Gasteiger partial charge < -0.3 is 10.6 Å². The molecule has 1 aliphatic rings. The molecule has 0 amide bonds. The number of anilines is 1. The molecule has 1 atom stereocenters. The number of piperidine rings is 1. The van der Waals surface area contributed by atoms with Crippen LogP contribution in [0.3, 0.4) is 0 Å². The number of nitrogens with zero attached hydrogens (tertiary/aromatic N) is 3. The predicted octanol–water partition coefficient (Wildman–Crippen LogP) is -0.683. The number of aromatic nitrogens is 2. The van der Waals surface area contributed by atoms with E-state index in [1.807, 2.05) is 23.1 Å². The summed E-state index contributed by atoms with van der Waals surface area (Å²) in [6, 6.07) is 8.99.